The molecule has 16 heavy (non-hydrogen) atoms. The largest absolute Gasteiger partial charge is 0.390 e. The van der Waals surface area contributed by atoms with E-state index in [1.165, 1.54) is 25.7 Å². The van der Waals surface area contributed by atoms with Crippen molar-refractivity contribution in [2.24, 2.45) is 0 Å². The molecule has 2 fully saturated rings. The highest BCUT2D eigenvalue weighted by Gasteiger charge is 2.35. The first-order chi connectivity index (χ1) is 7.86. The Bertz CT molecular complexity index is 353. The molecule has 1 aliphatic carbocycles. The van der Waals surface area contributed by atoms with E-state index in [9.17, 15) is 0 Å². The number of hydrogen-bond donors (Lipinski definition) is 1. The summed E-state index contributed by atoms with van der Waals surface area (Å²) in [5.41, 5.74) is 0.666. The first-order valence-electron chi connectivity index (χ1n) is 6.12. The van der Waals surface area contributed by atoms with E-state index in [1.54, 1.807) is 0 Å². The molecule has 1 aromatic rings. The zero-order chi connectivity index (χ0) is 11.0. The molecule has 0 atom stereocenters. The van der Waals surface area contributed by atoms with E-state index in [1.807, 2.05) is 10.9 Å². The summed E-state index contributed by atoms with van der Waals surface area (Å²) in [6.45, 7) is 2.18. The highest BCUT2D eigenvalue weighted by Crippen LogP contribution is 2.31. The molecule has 0 unspecified atom stereocenters. The molecule has 0 aromatic carbocycles. The number of hydrogen-bond acceptors (Lipinski definition) is 4. The molecule has 0 bridgehead atoms. The van der Waals surface area contributed by atoms with Crippen LogP contribution in [0.4, 0.5) is 0 Å². The summed E-state index contributed by atoms with van der Waals surface area (Å²) in [7, 11) is 0. The van der Waals surface area contributed by atoms with Crippen LogP contribution in [0.3, 0.4) is 0 Å². The molecule has 2 heterocycles. The first-order valence-corrected chi connectivity index (χ1v) is 6.12. The second kappa shape index (κ2) is 4.14. The third-order valence-corrected chi connectivity index (χ3v) is 3.83. The van der Waals surface area contributed by atoms with Crippen molar-refractivity contribution in [3.63, 3.8) is 0 Å². The van der Waals surface area contributed by atoms with Gasteiger partial charge < -0.3 is 5.11 Å². The monoisotopic (exact) mass is 222 g/mol. The van der Waals surface area contributed by atoms with Gasteiger partial charge in [0, 0.05) is 19.1 Å². The molecule has 2 aliphatic rings. The van der Waals surface area contributed by atoms with Crippen molar-refractivity contribution >= 4 is 0 Å². The number of rotatable bonds is 3. The van der Waals surface area contributed by atoms with Crippen molar-refractivity contribution in [3.05, 3.63) is 11.9 Å². The minimum Gasteiger partial charge on any atom is -0.390 e. The van der Waals surface area contributed by atoms with Crippen LogP contribution in [0.5, 0.6) is 0 Å². The van der Waals surface area contributed by atoms with Crippen LogP contribution in [-0.4, -0.2) is 44.1 Å². The minimum absolute atomic E-state index is 0.0148. The van der Waals surface area contributed by atoms with Crippen LogP contribution in [0.25, 0.3) is 0 Å². The number of aromatic nitrogens is 3. The van der Waals surface area contributed by atoms with E-state index in [2.05, 4.69) is 15.2 Å². The summed E-state index contributed by atoms with van der Waals surface area (Å²) in [6, 6.07) is 1.28. The topological polar surface area (TPSA) is 54.2 Å². The van der Waals surface area contributed by atoms with Crippen molar-refractivity contribution in [1.82, 2.24) is 19.9 Å². The number of aliphatic hydroxyl groups is 1. The Morgan fingerprint density at radius 2 is 2.00 bits per heavy atom. The Labute approximate surface area is 95.1 Å². The van der Waals surface area contributed by atoms with Crippen LogP contribution in [0, 0.1) is 0 Å². The SMILES string of the molecule is OCc1cn(C2CN(C3CCCC3)C2)nn1. The maximum absolute atomic E-state index is 8.92. The van der Waals surface area contributed by atoms with Crippen LogP contribution in [-0.2, 0) is 6.61 Å². The Morgan fingerprint density at radius 3 is 2.62 bits per heavy atom. The van der Waals surface area contributed by atoms with E-state index >= 15 is 0 Å². The standard InChI is InChI=1S/C11H18N4O/c16-8-9-5-15(13-12-9)11-6-14(7-11)10-3-1-2-4-10/h5,10-11,16H,1-4,6-8H2. The Balaban J connectivity index is 1.56. The maximum Gasteiger partial charge on any atom is 0.108 e. The molecular formula is C11H18N4O. The lowest BCUT2D eigenvalue weighted by Crippen LogP contribution is -2.52. The van der Waals surface area contributed by atoms with Gasteiger partial charge in [-0.3, -0.25) is 4.90 Å². The lowest BCUT2D eigenvalue weighted by Gasteiger charge is -2.42. The predicted molar refractivity (Wildman–Crippen MR) is 58.8 cm³/mol. The molecule has 3 rings (SSSR count). The third kappa shape index (κ3) is 1.74. The minimum atomic E-state index is -0.0148. The lowest BCUT2D eigenvalue weighted by molar-refractivity contribution is 0.0543. The molecule has 0 amide bonds. The van der Waals surface area contributed by atoms with Crippen molar-refractivity contribution in [3.8, 4) is 0 Å². The van der Waals surface area contributed by atoms with Gasteiger partial charge in [0.2, 0.25) is 0 Å². The van der Waals surface area contributed by atoms with Gasteiger partial charge in [0.05, 0.1) is 18.8 Å². The van der Waals surface area contributed by atoms with Crippen LogP contribution in [0.1, 0.15) is 37.4 Å². The molecule has 1 N–H and O–H groups in total. The Hall–Kier alpha value is -0.940. The zero-order valence-corrected chi connectivity index (χ0v) is 9.42. The smallest absolute Gasteiger partial charge is 0.108 e. The maximum atomic E-state index is 8.92. The van der Waals surface area contributed by atoms with Gasteiger partial charge in [-0.1, -0.05) is 18.1 Å². The highest BCUT2D eigenvalue weighted by atomic mass is 16.3. The van der Waals surface area contributed by atoms with Crippen LogP contribution in [0.2, 0.25) is 0 Å². The summed E-state index contributed by atoms with van der Waals surface area (Å²) in [5, 5.41) is 16.9. The molecule has 88 valence electrons. The first kappa shape index (κ1) is 10.2. The summed E-state index contributed by atoms with van der Waals surface area (Å²) in [6.07, 6.45) is 7.38. The quantitative estimate of drug-likeness (QED) is 0.812. The number of aliphatic hydroxyl groups excluding tert-OH is 1. The van der Waals surface area contributed by atoms with Crippen molar-refractivity contribution in [2.45, 2.75) is 44.4 Å². The van der Waals surface area contributed by atoms with Gasteiger partial charge in [-0.15, -0.1) is 5.10 Å². The predicted octanol–water partition coefficient (Wildman–Crippen LogP) is 0.570. The molecule has 5 nitrogen and oxygen atoms in total. The van der Waals surface area contributed by atoms with E-state index < -0.39 is 0 Å². The third-order valence-electron chi connectivity index (χ3n) is 3.83. The molecular weight excluding hydrogens is 204 g/mol. The summed E-state index contributed by atoms with van der Waals surface area (Å²) in [5.74, 6) is 0. The van der Waals surface area contributed by atoms with Gasteiger partial charge >= 0.3 is 0 Å². The molecule has 1 saturated heterocycles. The molecule has 0 radical (unpaired) electrons. The van der Waals surface area contributed by atoms with E-state index in [4.69, 9.17) is 5.11 Å². The number of nitrogens with zero attached hydrogens (tertiary/aromatic N) is 4. The molecule has 5 heteroatoms. The fraction of sp³-hybridized carbons (Fsp3) is 0.818. The normalized spacial score (nSPS) is 23.8. The van der Waals surface area contributed by atoms with Gasteiger partial charge in [0.15, 0.2) is 0 Å². The molecule has 1 aliphatic heterocycles. The summed E-state index contributed by atoms with van der Waals surface area (Å²) >= 11 is 0. The van der Waals surface area contributed by atoms with E-state index in [-0.39, 0.29) is 6.61 Å². The number of likely N-dealkylation sites (tertiary alicyclic amines) is 1. The summed E-state index contributed by atoms with van der Waals surface area (Å²) in [4.78, 5) is 2.55. The van der Waals surface area contributed by atoms with Gasteiger partial charge in [0.25, 0.3) is 0 Å². The van der Waals surface area contributed by atoms with Crippen molar-refractivity contribution < 1.29 is 5.11 Å². The lowest BCUT2D eigenvalue weighted by atomic mass is 10.0. The molecule has 1 saturated carbocycles. The van der Waals surface area contributed by atoms with Gasteiger partial charge in [0.1, 0.15) is 5.69 Å². The fourth-order valence-corrected chi connectivity index (χ4v) is 2.79. The Morgan fingerprint density at radius 1 is 1.25 bits per heavy atom. The van der Waals surface area contributed by atoms with E-state index in [0.717, 1.165) is 19.1 Å². The van der Waals surface area contributed by atoms with Crippen molar-refractivity contribution in [1.29, 1.82) is 0 Å². The molecule has 0 spiro atoms. The van der Waals surface area contributed by atoms with Gasteiger partial charge in [-0.25, -0.2) is 4.68 Å². The van der Waals surface area contributed by atoms with Crippen LogP contribution >= 0.6 is 0 Å². The van der Waals surface area contributed by atoms with Crippen LogP contribution < -0.4 is 0 Å². The van der Waals surface area contributed by atoms with Crippen LogP contribution in [0.15, 0.2) is 6.20 Å². The fourth-order valence-electron chi connectivity index (χ4n) is 2.79. The Kier molecular flexibility index (Phi) is 2.65. The average Bonchev–Trinajstić information content (AvgIpc) is 2.85. The van der Waals surface area contributed by atoms with Gasteiger partial charge in [-0.2, -0.15) is 0 Å². The van der Waals surface area contributed by atoms with Crippen molar-refractivity contribution in [2.75, 3.05) is 13.1 Å². The summed E-state index contributed by atoms with van der Waals surface area (Å²) < 4.78 is 1.90. The second-order valence-corrected chi connectivity index (χ2v) is 4.89. The van der Waals surface area contributed by atoms with E-state index in [0.29, 0.717) is 11.7 Å². The second-order valence-electron chi connectivity index (χ2n) is 4.89. The van der Waals surface area contributed by atoms with Gasteiger partial charge in [-0.05, 0) is 12.8 Å². The zero-order valence-electron chi connectivity index (χ0n) is 9.42. The highest BCUT2D eigenvalue weighted by molar-refractivity contribution is 4.96. The molecule has 1 aromatic heterocycles. The average molecular weight is 222 g/mol.